The molecule has 0 aromatic heterocycles. The highest BCUT2D eigenvalue weighted by Gasteiger charge is 2.36. The molecule has 0 saturated carbocycles. The average molecular weight is 258 g/mol. The van der Waals surface area contributed by atoms with E-state index in [9.17, 15) is 14.3 Å². The molecule has 98 valence electrons. The fourth-order valence-electron chi connectivity index (χ4n) is 2.80. The number of rotatable bonds is 1. The molecule has 0 aliphatic heterocycles. The monoisotopic (exact) mass is 258 g/mol. The molecule has 2 nitrogen and oxygen atoms in total. The van der Waals surface area contributed by atoms with Gasteiger partial charge in [-0.1, -0.05) is 30.3 Å². The Morgan fingerprint density at radius 2 is 2.05 bits per heavy atom. The molecule has 1 aromatic rings. The summed E-state index contributed by atoms with van der Waals surface area (Å²) in [7, 11) is 0. The number of hydrogen-bond donors (Lipinski definition) is 1. The summed E-state index contributed by atoms with van der Waals surface area (Å²) in [6, 6.07) is 6.78. The highest BCUT2D eigenvalue weighted by Crippen LogP contribution is 2.40. The van der Waals surface area contributed by atoms with Crippen LogP contribution in [0.5, 0.6) is 0 Å². The maximum Gasteiger partial charge on any atom is 0.195 e. The molecule has 0 amide bonds. The van der Waals surface area contributed by atoms with Crippen LogP contribution >= 0.6 is 0 Å². The quantitative estimate of drug-likeness (QED) is 0.781. The third-order valence-corrected chi connectivity index (χ3v) is 3.83. The first-order chi connectivity index (χ1) is 9.20. The minimum Gasteiger partial charge on any atom is -0.383 e. The predicted molar refractivity (Wildman–Crippen MR) is 70.4 cm³/mol. The molecule has 0 bridgehead atoms. The van der Waals surface area contributed by atoms with Crippen LogP contribution < -0.4 is 0 Å². The van der Waals surface area contributed by atoms with Gasteiger partial charge in [-0.25, -0.2) is 4.39 Å². The Morgan fingerprint density at radius 1 is 1.26 bits per heavy atom. The largest absolute Gasteiger partial charge is 0.383 e. The van der Waals surface area contributed by atoms with Crippen LogP contribution in [-0.4, -0.2) is 10.9 Å². The van der Waals surface area contributed by atoms with E-state index in [4.69, 9.17) is 0 Å². The molecule has 0 fully saturated rings. The smallest absolute Gasteiger partial charge is 0.195 e. The fourth-order valence-corrected chi connectivity index (χ4v) is 2.80. The van der Waals surface area contributed by atoms with Crippen LogP contribution in [0.2, 0.25) is 0 Å². The number of carbonyl (C=O) groups excluding carboxylic acids is 1. The van der Waals surface area contributed by atoms with Crippen molar-refractivity contribution in [1.29, 1.82) is 0 Å². The molecule has 0 heterocycles. The lowest BCUT2D eigenvalue weighted by Gasteiger charge is -2.13. The topological polar surface area (TPSA) is 37.3 Å². The molecule has 2 aliphatic carbocycles. The van der Waals surface area contributed by atoms with Gasteiger partial charge < -0.3 is 5.11 Å². The van der Waals surface area contributed by atoms with Gasteiger partial charge in [0, 0.05) is 5.56 Å². The maximum atomic E-state index is 14.5. The van der Waals surface area contributed by atoms with Gasteiger partial charge in [0.2, 0.25) is 0 Å². The first kappa shape index (κ1) is 12.3. The average Bonchev–Trinajstić information content (AvgIpc) is 2.72. The molecule has 1 unspecified atom stereocenters. The molecule has 0 saturated heterocycles. The number of Topliss-reactive ketones (excluding diaryl/α,β-unsaturated/α-hetero) is 1. The minimum atomic E-state index is -1.13. The van der Waals surface area contributed by atoms with Crippen molar-refractivity contribution in [2.24, 2.45) is 0 Å². The number of halogens is 1. The van der Waals surface area contributed by atoms with Crippen LogP contribution in [0.1, 0.15) is 47.7 Å². The van der Waals surface area contributed by atoms with Crippen LogP contribution in [0.3, 0.4) is 0 Å². The number of ketones is 1. The van der Waals surface area contributed by atoms with E-state index in [1.54, 1.807) is 24.3 Å². The maximum absolute atomic E-state index is 14.5. The van der Waals surface area contributed by atoms with Crippen molar-refractivity contribution in [3.05, 3.63) is 58.4 Å². The molecular weight excluding hydrogens is 243 g/mol. The fraction of sp³-hybridized carbons (Fsp3) is 0.312. The van der Waals surface area contributed by atoms with Gasteiger partial charge >= 0.3 is 0 Å². The van der Waals surface area contributed by atoms with Gasteiger partial charge in [0.25, 0.3) is 0 Å². The molecule has 0 spiro atoms. The Hall–Kier alpha value is -1.74. The van der Waals surface area contributed by atoms with Crippen LogP contribution in [0, 0.1) is 0 Å². The summed E-state index contributed by atoms with van der Waals surface area (Å²) in [5, 5.41) is 10.2. The zero-order valence-electron chi connectivity index (χ0n) is 10.5. The summed E-state index contributed by atoms with van der Waals surface area (Å²) >= 11 is 0. The van der Waals surface area contributed by atoms with Crippen molar-refractivity contribution in [2.45, 2.75) is 31.8 Å². The Morgan fingerprint density at radius 3 is 2.74 bits per heavy atom. The van der Waals surface area contributed by atoms with Gasteiger partial charge in [-0.2, -0.15) is 0 Å². The highest BCUT2D eigenvalue weighted by atomic mass is 19.1. The van der Waals surface area contributed by atoms with Gasteiger partial charge in [-0.15, -0.1) is 0 Å². The predicted octanol–water partition coefficient (Wildman–Crippen LogP) is 3.64. The van der Waals surface area contributed by atoms with E-state index < -0.39 is 11.9 Å². The lowest BCUT2D eigenvalue weighted by atomic mass is 9.95. The molecule has 3 rings (SSSR count). The number of hydrogen-bond acceptors (Lipinski definition) is 2. The van der Waals surface area contributed by atoms with E-state index in [1.165, 1.54) is 0 Å². The summed E-state index contributed by atoms with van der Waals surface area (Å²) in [5.41, 5.74) is 1.40. The van der Waals surface area contributed by atoms with E-state index in [2.05, 4.69) is 0 Å². The van der Waals surface area contributed by atoms with Gasteiger partial charge in [0.15, 0.2) is 5.78 Å². The van der Waals surface area contributed by atoms with Crippen molar-refractivity contribution < 1.29 is 14.3 Å². The number of carbonyl (C=O) groups is 1. The summed E-state index contributed by atoms with van der Waals surface area (Å²) in [6.07, 6.45) is 4.19. The van der Waals surface area contributed by atoms with Crippen LogP contribution in [0.15, 0.2) is 47.3 Å². The summed E-state index contributed by atoms with van der Waals surface area (Å²) in [5.74, 6) is -0.902. The molecule has 2 aliphatic rings. The third-order valence-electron chi connectivity index (χ3n) is 3.83. The van der Waals surface area contributed by atoms with Gasteiger partial charge in [0.1, 0.15) is 11.9 Å². The van der Waals surface area contributed by atoms with Crippen molar-refractivity contribution >= 4 is 5.78 Å². The first-order valence-electron chi connectivity index (χ1n) is 6.61. The standard InChI is InChI=1S/C16H15FO2/c17-14(10-6-2-1-3-7-10)13-15(18)11-8-4-5-9-12(11)16(13)19/h4-6,8-9,15,18H,1-3,7H2/b14-13+. The Bertz CT molecular complexity index is 599. The van der Waals surface area contributed by atoms with Gasteiger partial charge in [-0.05, 0) is 36.8 Å². The van der Waals surface area contributed by atoms with Crippen molar-refractivity contribution in [3.63, 3.8) is 0 Å². The van der Waals surface area contributed by atoms with Gasteiger partial charge in [0.05, 0.1) is 5.57 Å². The lowest BCUT2D eigenvalue weighted by molar-refractivity contribution is 0.101. The first-order valence-corrected chi connectivity index (χ1v) is 6.61. The van der Waals surface area contributed by atoms with E-state index in [1.807, 2.05) is 6.08 Å². The van der Waals surface area contributed by atoms with Crippen LogP contribution in [-0.2, 0) is 0 Å². The van der Waals surface area contributed by atoms with E-state index in [-0.39, 0.29) is 11.4 Å². The minimum absolute atomic E-state index is 0.0886. The number of fused-ring (bicyclic) bond motifs is 1. The zero-order valence-corrected chi connectivity index (χ0v) is 10.5. The van der Waals surface area contributed by atoms with E-state index in [0.717, 1.165) is 19.3 Å². The second kappa shape index (κ2) is 4.74. The van der Waals surface area contributed by atoms with Crippen LogP contribution in [0.4, 0.5) is 4.39 Å². The summed E-state index contributed by atoms with van der Waals surface area (Å²) < 4.78 is 14.5. The summed E-state index contributed by atoms with van der Waals surface area (Å²) in [6.45, 7) is 0. The second-order valence-electron chi connectivity index (χ2n) is 5.02. The van der Waals surface area contributed by atoms with Crippen LogP contribution in [0.25, 0.3) is 0 Å². The van der Waals surface area contributed by atoms with E-state index >= 15 is 0 Å². The molecule has 1 N–H and O–H groups in total. The highest BCUT2D eigenvalue weighted by molar-refractivity contribution is 6.14. The molecule has 3 heteroatoms. The molecular formula is C16H15FO2. The van der Waals surface area contributed by atoms with Crippen molar-refractivity contribution in [1.82, 2.24) is 0 Å². The number of benzene rings is 1. The molecule has 0 radical (unpaired) electrons. The normalized spacial score (nSPS) is 25.1. The lowest BCUT2D eigenvalue weighted by Crippen LogP contribution is -2.05. The zero-order chi connectivity index (χ0) is 13.4. The third kappa shape index (κ3) is 1.94. The molecule has 1 aromatic carbocycles. The number of aliphatic hydroxyl groups excluding tert-OH is 1. The Balaban J connectivity index is 2.08. The Kier molecular flexibility index (Phi) is 3.07. The molecule has 19 heavy (non-hydrogen) atoms. The molecule has 1 atom stereocenters. The number of aliphatic hydroxyl groups is 1. The van der Waals surface area contributed by atoms with Crippen molar-refractivity contribution in [2.75, 3.05) is 0 Å². The number of allylic oxidation sites excluding steroid dienone is 3. The summed E-state index contributed by atoms with van der Waals surface area (Å²) in [4.78, 5) is 12.2. The van der Waals surface area contributed by atoms with Crippen molar-refractivity contribution in [3.8, 4) is 0 Å². The SMILES string of the molecule is O=C1/C(=C(/F)C2=CCCCC2)C(O)c2ccccc21. The second-order valence-corrected chi connectivity index (χ2v) is 5.02. The van der Waals surface area contributed by atoms with Gasteiger partial charge in [-0.3, -0.25) is 4.79 Å². The Labute approximate surface area is 111 Å². The van der Waals surface area contributed by atoms with E-state index in [0.29, 0.717) is 23.1 Å².